The molecule has 1 aliphatic heterocycles. The summed E-state index contributed by atoms with van der Waals surface area (Å²) in [6.45, 7) is 0.446. The SMILES string of the molecule is CC#C[C@H]1CN(S(=O)(=O)c2ccc(N)nc2)CCN1c1ccc([C@@](O)(CO)C(F)(F)F)cc1. The number of halogens is 3. The molecule has 2 heterocycles. The number of hydrogen-bond donors (Lipinski definition) is 3. The number of pyridine rings is 1. The van der Waals surface area contributed by atoms with Crippen LogP contribution in [0.25, 0.3) is 0 Å². The molecule has 0 unspecified atom stereocenters. The van der Waals surface area contributed by atoms with E-state index in [-0.39, 0.29) is 30.3 Å². The molecule has 4 N–H and O–H groups in total. The largest absolute Gasteiger partial charge is 0.423 e. The van der Waals surface area contributed by atoms with Gasteiger partial charge in [0.15, 0.2) is 0 Å². The van der Waals surface area contributed by atoms with Crippen LogP contribution in [0.3, 0.4) is 0 Å². The molecule has 0 bridgehead atoms. The number of nitrogens with two attached hydrogens (primary N) is 1. The fourth-order valence-corrected chi connectivity index (χ4v) is 4.93. The van der Waals surface area contributed by atoms with Crippen molar-refractivity contribution in [1.82, 2.24) is 9.29 Å². The van der Waals surface area contributed by atoms with Gasteiger partial charge in [-0.2, -0.15) is 17.5 Å². The highest BCUT2D eigenvalue weighted by Gasteiger charge is 2.54. The Labute approximate surface area is 189 Å². The van der Waals surface area contributed by atoms with Crippen LogP contribution in [0.15, 0.2) is 47.5 Å². The first-order valence-electron chi connectivity index (χ1n) is 9.85. The lowest BCUT2D eigenvalue weighted by atomic mass is 9.93. The summed E-state index contributed by atoms with van der Waals surface area (Å²) in [5, 5.41) is 19.1. The minimum Gasteiger partial charge on any atom is -0.393 e. The lowest BCUT2D eigenvalue weighted by molar-refractivity contribution is -0.277. The third-order valence-electron chi connectivity index (χ3n) is 5.43. The molecule has 0 spiro atoms. The van der Waals surface area contributed by atoms with Crippen LogP contribution in [-0.2, 0) is 15.6 Å². The van der Waals surface area contributed by atoms with Gasteiger partial charge >= 0.3 is 6.18 Å². The molecule has 12 heteroatoms. The Morgan fingerprint density at radius 2 is 1.85 bits per heavy atom. The second-order valence-electron chi connectivity index (χ2n) is 7.45. The number of aromatic nitrogens is 1. The Balaban J connectivity index is 1.86. The van der Waals surface area contributed by atoms with Crippen molar-refractivity contribution in [3.05, 3.63) is 48.2 Å². The quantitative estimate of drug-likeness (QED) is 0.548. The number of hydrogen-bond acceptors (Lipinski definition) is 7. The monoisotopic (exact) mass is 484 g/mol. The molecule has 2 atom stereocenters. The van der Waals surface area contributed by atoms with Gasteiger partial charge in [-0.3, -0.25) is 0 Å². The molecular weight excluding hydrogens is 461 g/mol. The number of nitrogens with zero attached hydrogens (tertiary/aromatic N) is 3. The van der Waals surface area contributed by atoms with Crippen molar-refractivity contribution in [2.45, 2.75) is 29.6 Å². The normalized spacial score (nSPS) is 19.5. The number of piperazine rings is 1. The zero-order valence-corrected chi connectivity index (χ0v) is 18.4. The van der Waals surface area contributed by atoms with Gasteiger partial charge in [-0.15, -0.1) is 5.92 Å². The Bertz CT molecular complexity index is 1150. The highest BCUT2D eigenvalue weighted by molar-refractivity contribution is 7.89. The fourth-order valence-electron chi connectivity index (χ4n) is 3.54. The van der Waals surface area contributed by atoms with Crippen molar-refractivity contribution in [2.24, 2.45) is 0 Å². The molecule has 33 heavy (non-hydrogen) atoms. The number of anilines is 2. The Kier molecular flexibility index (Phi) is 6.90. The lowest BCUT2D eigenvalue weighted by Crippen LogP contribution is -2.54. The van der Waals surface area contributed by atoms with E-state index >= 15 is 0 Å². The Morgan fingerprint density at radius 1 is 1.18 bits per heavy atom. The van der Waals surface area contributed by atoms with Crippen molar-refractivity contribution in [3.8, 4) is 11.8 Å². The van der Waals surface area contributed by atoms with Gasteiger partial charge in [-0.25, -0.2) is 13.4 Å². The van der Waals surface area contributed by atoms with E-state index in [1.54, 1.807) is 11.8 Å². The molecule has 1 aromatic carbocycles. The maximum Gasteiger partial charge on any atom is 0.423 e. The minimum atomic E-state index is -5.06. The van der Waals surface area contributed by atoms with Crippen LogP contribution >= 0.6 is 0 Å². The summed E-state index contributed by atoms with van der Waals surface area (Å²) in [6.07, 6.45) is -3.88. The third-order valence-corrected chi connectivity index (χ3v) is 7.27. The van der Waals surface area contributed by atoms with Gasteiger partial charge < -0.3 is 20.8 Å². The fraction of sp³-hybridized carbons (Fsp3) is 0.381. The number of benzene rings is 1. The van der Waals surface area contributed by atoms with E-state index in [9.17, 15) is 26.7 Å². The van der Waals surface area contributed by atoms with Crippen molar-refractivity contribution in [1.29, 1.82) is 0 Å². The zero-order valence-electron chi connectivity index (χ0n) is 17.6. The second-order valence-corrected chi connectivity index (χ2v) is 9.39. The van der Waals surface area contributed by atoms with E-state index < -0.39 is 40.0 Å². The van der Waals surface area contributed by atoms with Crippen molar-refractivity contribution in [3.63, 3.8) is 0 Å². The molecule has 0 radical (unpaired) electrons. The first-order chi connectivity index (χ1) is 15.4. The zero-order chi connectivity index (χ0) is 24.4. The first kappa shape index (κ1) is 24.8. The van der Waals surface area contributed by atoms with Gasteiger partial charge in [0.25, 0.3) is 0 Å². The molecule has 0 aliphatic carbocycles. The van der Waals surface area contributed by atoms with Crippen molar-refractivity contribution >= 4 is 21.5 Å². The van der Waals surface area contributed by atoms with E-state index in [0.717, 1.165) is 12.1 Å². The molecule has 0 saturated carbocycles. The van der Waals surface area contributed by atoms with Gasteiger partial charge in [0, 0.05) is 31.5 Å². The predicted molar refractivity (Wildman–Crippen MR) is 115 cm³/mol. The second kappa shape index (κ2) is 9.18. The maximum atomic E-state index is 13.2. The number of alkyl halides is 3. The van der Waals surface area contributed by atoms with Gasteiger partial charge in [0.05, 0.1) is 6.61 Å². The Morgan fingerprint density at radius 3 is 2.36 bits per heavy atom. The van der Waals surface area contributed by atoms with E-state index in [0.29, 0.717) is 5.69 Å². The summed E-state index contributed by atoms with van der Waals surface area (Å²) in [7, 11) is -3.85. The van der Waals surface area contributed by atoms with Crippen LogP contribution in [-0.4, -0.2) is 66.4 Å². The molecule has 3 rings (SSSR count). The molecule has 1 saturated heterocycles. The number of nitrogen functional groups attached to an aromatic ring is 1. The molecule has 0 amide bonds. The van der Waals surface area contributed by atoms with Crippen molar-refractivity contribution < 1.29 is 31.8 Å². The van der Waals surface area contributed by atoms with E-state index in [1.165, 1.54) is 34.8 Å². The topological polar surface area (TPSA) is 120 Å². The highest BCUT2D eigenvalue weighted by Crippen LogP contribution is 2.39. The molecule has 1 aromatic heterocycles. The van der Waals surface area contributed by atoms with Gasteiger partial charge in [0.1, 0.15) is 16.8 Å². The maximum absolute atomic E-state index is 13.2. The van der Waals surface area contributed by atoms with Crippen LogP contribution in [0.4, 0.5) is 24.7 Å². The first-order valence-corrected chi connectivity index (χ1v) is 11.3. The smallest absolute Gasteiger partial charge is 0.393 e. The summed E-state index contributed by atoms with van der Waals surface area (Å²) in [5.41, 5.74) is 2.14. The van der Waals surface area contributed by atoms with Crippen molar-refractivity contribution in [2.75, 3.05) is 36.9 Å². The van der Waals surface area contributed by atoms with E-state index in [4.69, 9.17) is 10.8 Å². The summed E-state index contributed by atoms with van der Waals surface area (Å²) in [6, 6.07) is 7.11. The minimum absolute atomic E-state index is 0.00634. The van der Waals surface area contributed by atoms with Crippen LogP contribution in [0.1, 0.15) is 12.5 Å². The number of aliphatic hydroxyl groups excluding tert-OH is 1. The summed E-state index contributed by atoms with van der Waals surface area (Å²) in [4.78, 5) is 5.60. The average Bonchev–Trinajstić information content (AvgIpc) is 2.78. The van der Waals surface area contributed by atoms with Gasteiger partial charge in [0.2, 0.25) is 15.6 Å². The molecular formula is C21H23F3N4O4S. The van der Waals surface area contributed by atoms with E-state index in [1.807, 2.05) is 0 Å². The molecule has 8 nitrogen and oxygen atoms in total. The number of aliphatic hydroxyl groups is 2. The van der Waals surface area contributed by atoms with Gasteiger partial charge in [-0.1, -0.05) is 18.1 Å². The number of sulfonamides is 1. The number of rotatable bonds is 5. The molecule has 1 aliphatic rings. The van der Waals surface area contributed by atoms with Gasteiger partial charge in [-0.05, 0) is 36.8 Å². The summed E-state index contributed by atoms with van der Waals surface area (Å²) >= 11 is 0. The Hall–Kier alpha value is -2.85. The van der Waals surface area contributed by atoms with Crippen LogP contribution in [0.5, 0.6) is 0 Å². The highest BCUT2D eigenvalue weighted by atomic mass is 32.2. The lowest BCUT2D eigenvalue weighted by Gasteiger charge is -2.40. The molecule has 1 fully saturated rings. The predicted octanol–water partition coefficient (Wildman–Crippen LogP) is 1.31. The third kappa shape index (κ3) is 4.77. The summed E-state index contributed by atoms with van der Waals surface area (Å²) in [5.74, 6) is 5.89. The van der Waals surface area contributed by atoms with Crippen LogP contribution in [0, 0.1) is 11.8 Å². The van der Waals surface area contributed by atoms with Crippen LogP contribution in [0.2, 0.25) is 0 Å². The van der Waals surface area contributed by atoms with E-state index in [2.05, 4.69) is 16.8 Å². The standard InChI is InChI=1S/C21H23F3N4O4S/c1-2-3-17-13-27(33(31,32)18-8-9-19(25)26-12-18)10-11-28(17)16-6-4-15(5-7-16)20(30,14-29)21(22,23)24/h4-9,12,17,29-30H,10-11,13-14H2,1H3,(H2,25,26)/t17-,20-/m0/s1. The molecule has 2 aromatic rings. The molecule has 178 valence electrons. The summed E-state index contributed by atoms with van der Waals surface area (Å²) < 4.78 is 66.9. The van der Waals surface area contributed by atoms with Crippen LogP contribution < -0.4 is 10.6 Å². The average molecular weight is 485 g/mol.